The Bertz CT molecular complexity index is 1010. The molecular formula is C18H12BrF2IN4O. The third-order valence-electron chi connectivity index (χ3n) is 4.07. The zero-order valence-corrected chi connectivity index (χ0v) is 17.4. The van der Waals surface area contributed by atoms with Gasteiger partial charge in [-0.25, -0.2) is 4.68 Å². The summed E-state index contributed by atoms with van der Waals surface area (Å²) in [6, 6.07) is 12.4. The fourth-order valence-corrected chi connectivity index (χ4v) is 3.65. The average molecular weight is 545 g/mol. The lowest BCUT2D eigenvalue weighted by Crippen LogP contribution is -2.21. The van der Waals surface area contributed by atoms with Crippen molar-refractivity contribution < 1.29 is 13.5 Å². The fraction of sp³-hybridized carbons (Fsp3) is 0.111. The van der Waals surface area contributed by atoms with Gasteiger partial charge in [-0.3, -0.25) is 0 Å². The third kappa shape index (κ3) is 3.84. The number of benzene rings is 2. The van der Waals surface area contributed by atoms with Crippen molar-refractivity contribution in [1.82, 2.24) is 14.8 Å². The van der Waals surface area contributed by atoms with Gasteiger partial charge in [-0.05, 0) is 64.6 Å². The molecule has 0 bridgehead atoms. The molecule has 1 aromatic heterocycles. The Morgan fingerprint density at radius 3 is 2.70 bits per heavy atom. The Hall–Kier alpha value is -2.01. The standard InChI is InChI=1S/C18H12BrF2IN4O/c19-11-3-6-16(27-17(20)21)13(7-11)15-8-14(10-1-4-12(22)5-2-10)25-18-23-9-24-26(15)18/h1-9,15,17H,(H,23,24,25)/t15-/m0/s1. The summed E-state index contributed by atoms with van der Waals surface area (Å²) in [7, 11) is 0. The molecule has 0 aliphatic carbocycles. The fourth-order valence-electron chi connectivity index (χ4n) is 2.91. The van der Waals surface area contributed by atoms with E-state index in [1.54, 1.807) is 16.8 Å². The van der Waals surface area contributed by atoms with Gasteiger partial charge in [-0.1, -0.05) is 28.1 Å². The number of nitrogens with zero attached hydrogens (tertiary/aromatic N) is 3. The van der Waals surface area contributed by atoms with E-state index < -0.39 is 12.7 Å². The highest BCUT2D eigenvalue weighted by Gasteiger charge is 2.27. The zero-order chi connectivity index (χ0) is 19.0. The number of hydrogen-bond acceptors (Lipinski definition) is 4. The molecule has 0 radical (unpaired) electrons. The largest absolute Gasteiger partial charge is 0.434 e. The Balaban J connectivity index is 1.83. The number of nitrogens with one attached hydrogen (secondary N) is 1. The first-order chi connectivity index (χ1) is 13.0. The van der Waals surface area contributed by atoms with Crippen LogP contribution in [-0.2, 0) is 0 Å². The van der Waals surface area contributed by atoms with E-state index in [0.717, 1.165) is 19.3 Å². The lowest BCUT2D eigenvalue weighted by atomic mass is 10.0. The molecule has 4 rings (SSSR count). The number of fused-ring (bicyclic) bond motifs is 1. The molecule has 138 valence electrons. The van der Waals surface area contributed by atoms with Crippen LogP contribution in [0.1, 0.15) is 17.2 Å². The highest BCUT2D eigenvalue weighted by atomic mass is 127. The van der Waals surface area contributed by atoms with Gasteiger partial charge in [0.2, 0.25) is 5.95 Å². The maximum atomic E-state index is 12.9. The van der Waals surface area contributed by atoms with Gasteiger partial charge in [-0.2, -0.15) is 18.9 Å². The van der Waals surface area contributed by atoms with E-state index in [-0.39, 0.29) is 5.75 Å². The second-order valence-corrected chi connectivity index (χ2v) is 7.91. The molecule has 2 aromatic carbocycles. The Morgan fingerprint density at radius 1 is 1.19 bits per heavy atom. The lowest BCUT2D eigenvalue weighted by molar-refractivity contribution is -0.0506. The van der Waals surface area contributed by atoms with Gasteiger partial charge in [0.15, 0.2) is 0 Å². The third-order valence-corrected chi connectivity index (χ3v) is 5.28. The minimum Gasteiger partial charge on any atom is -0.434 e. The van der Waals surface area contributed by atoms with Crippen molar-refractivity contribution in [2.75, 3.05) is 5.32 Å². The van der Waals surface area contributed by atoms with Gasteiger partial charge < -0.3 is 10.1 Å². The average Bonchev–Trinajstić information content (AvgIpc) is 3.11. The van der Waals surface area contributed by atoms with Gasteiger partial charge in [-0.15, -0.1) is 0 Å². The Kier molecular flexibility index (Phi) is 5.13. The summed E-state index contributed by atoms with van der Waals surface area (Å²) in [4.78, 5) is 4.24. The van der Waals surface area contributed by atoms with Gasteiger partial charge in [0, 0.05) is 19.3 Å². The molecule has 0 amide bonds. The van der Waals surface area contributed by atoms with Crippen molar-refractivity contribution in [3.63, 3.8) is 0 Å². The number of rotatable bonds is 4. The van der Waals surface area contributed by atoms with Crippen LogP contribution in [0.5, 0.6) is 5.75 Å². The van der Waals surface area contributed by atoms with Crippen LogP contribution < -0.4 is 10.1 Å². The molecule has 5 nitrogen and oxygen atoms in total. The van der Waals surface area contributed by atoms with E-state index >= 15 is 0 Å². The molecule has 2 heterocycles. The van der Waals surface area contributed by atoms with Crippen molar-refractivity contribution in [3.05, 3.63) is 74.0 Å². The lowest BCUT2D eigenvalue weighted by Gasteiger charge is -2.26. The summed E-state index contributed by atoms with van der Waals surface area (Å²) in [6.45, 7) is -2.92. The Labute approximate surface area is 175 Å². The van der Waals surface area contributed by atoms with Crippen LogP contribution in [0.2, 0.25) is 0 Å². The first-order valence-electron chi connectivity index (χ1n) is 7.90. The summed E-state index contributed by atoms with van der Waals surface area (Å²) in [5.74, 6) is 0.624. The van der Waals surface area contributed by atoms with Crippen LogP contribution in [0.3, 0.4) is 0 Å². The highest BCUT2D eigenvalue weighted by Crippen LogP contribution is 2.38. The minimum absolute atomic E-state index is 0.0970. The number of ether oxygens (including phenoxy) is 1. The summed E-state index contributed by atoms with van der Waals surface area (Å²) >= 11 is 5.64. The van der Waals surface area contributed by atoms with E-state index in [2.05, 4.69) is 53.9 Å². The van der Waals surface area contributed by atoms with Crippen molar-refractivity contribution >= 4 is 50.2 Å². The van der Waals surface area contributed by atoms with Crippen LogP contribution in [0.15, 0.2) is 59.3 Å². The van der Waals surface area contributed by atoms with Gasteiger partial charge in [0.25, 0.3) is 0 Å². The van der Waals surface area contributed by atoms with Crippen molar-refractivity contribution in [2.45, 2.75) is 12.7 Å². The van der Waals surface area contributed by atoms with Crippen LogP contribution in [0.25, 0.3) is 5.70 Å². The van der Waals surface area contributed by atoms with Crippen LogP contribution in [0.4, 0.5) is 14.7 Å². The molecule has 3 aromatic rings. The molecule has 0 fully saturated rings. The molecule has 1 N–H and O–H groups in total. The quantitative estimate of drug-likeness (QED) is 0.453. The first-order valence-corrected chi connectivity index (χ1v) is 9.77. The summed E-state index contributed by atoms with van der Waals surface area (Å²) in [5, 5.41) is 7.48. The number of halogens is 4. The van der Waals surface area contributed by atoms with Crippen molar-refractivity contribution in [2.24, 2.45) is 0 Å². The SMILES string of the molecule is FC(F)Oc1ccc(Br)cc1[C@@H]1C=C(c2ccc(I)cc2)Nc2ncnn21. The number of alkyl halides is 2. The van der Waals surface area contributed by atoms with E-state index in [0.29, 0.717) is 11.5 Å². The first kappa shape index (κ1) is 18.4. The number of allylic oxidation sites excluding steroid dienone is 1. The van der Waals surface area contributed by atoms with Crippen molar-refractivity contribution in [3.8, 4) is 5.75 Å². The van der Waals surface area contributed by atoms with E-state index in [4.69, 9.17) is 4.74 Å². The van der Waals surface area contributed by atoms with Crippen LogP contribution >= 0.6 is 38.5 Å². The molecule has 0 spiro atoms. The second kappa shape index (κ2) is 7.55. The molecule has 0 unspecified atom stereocenters. The summed E-state index contributed by atoms with van der Waals surface area (Å²) < 4.78 is 34.0. The highest BCUT2D eigenvalue weighted by molar-refractivity contribution is 14.1. The van der Waals surface area contributed by atoms with E-state index in [1.807, 2.05) is 30.3 Å². The number of hydrogen-bond donors (Lipinski definition) is 1. The summed E-state index contributed by atoms with van der Waals surface area (Å²) in [6.07, 6.45) is 3.34. The van der Waals surface area contributed by atoms with E-state index in [9.17, 15) is 8.78 Å². The van der Waals surface area contributed by atoms with Gasteiger partial charge in [0.1, 0.15) is 18.1 Å². The molecule has 1 aliphatic heterocycles. The molecule has 1 aliphatic rings. The molecule has 1 atom stereocenters. The van der Waals surface area contributed by atoms with Gasteiger partial charge in [0.05, 0.1) is 0 Å². The maximum absolute atomic E-state index is 12.9. The van der Waals surface area contributed by atoms with Crippen LogP contribution in [-0.4, -0.2) is 21.4 Å². The molecular weight excluding hydrogens is 533 g/mol. The smallest absolute Gasteiger partial charge is 0.387 e. The van der Waals surface area contributed by atoms with E-state index in [1.165, 1.54) is 12.4 Å². The topological polar surface area (TPSA) is 52.0 Å². The van der Waals surface area contributed by atoms with Crippen molar-refractivity contribution in [1.29, 1.82) is 0 Å². The number of anilines is 1. The number of aromatic nitrogens is 3. The predicted octanol–water partition coefficient (Wildman–Crippen LogP) is 5.30. The predicted molar refractivity (Wildman–Crippen MR) is 110 cm³/mol. The summed E-state index contributed by atoms with van der Waals surface area (Å²) in [5.41, 5.74) is 2.33. The molecule has 0 saturated carbocycles. The van der Waals surface area contributed by atoms with Gasteiger partial charge >= 0.3 is 6.61 Å². The Morgan fingerprint density at radius 2 is 1.96 bits per heavy atom. The molecule has 27 heavy (non-hydrogen) atoms. The normalized spacial score (nSPS) is 15.9. The maximum Gasteiger partial charge on any atom is 0.387 e. The molecule has 9 heteroatoms. The second-order valence-electron chi connectivity index (χ2n) is 5.75. The minimum atomic E-state index is -2.92. The monoisotopic (exact) mass is 544 g/mol. The molecule has 0 saturated heterocycles. The van der Waals surface area contributed by atoms with Crippen LogP contribution in [0, 0.1) is 3.57 Å². The zero-order valence-electron chi connectivity index (χ0n) is 13.6.